The van der Waals surface area contributed by atoms with Crippen LogP contribution in [0.2, 0.25) is 0 Å². The van der Waals surface area contributed by atoms with E-state index in [0.29, 0.717) is 38.6 Å². The molecule has 2 N–H and O–H groups in total. The average molecular weight is 387 g/mol. The van der Waals surface area contributed by atoms with Gasteiger partial charge >= 0.3 is 6.18 Å². The van der Waals surface area contributed by atoms with Crippen LogP contribution in [-0.2, 0) is 6.54 Å². The van der Waals surface area contributed by atoms with Crippen LogP contribution in [0.25, 0.3) is 0 Å². The Morgan fingerprint density at radius 1 is 1.33 bits per heavy atom. The molecule has 1 atom stereocenters. The number of aromatic nitrogens is 1. The van der Waals surface area contributed by atoms with E-state index in [1.165, 1.54) is 4.90 Å². The zero-order valence-corrected chi connectivity index (χ0v) is 15.9. The molecular formula is C18H28F3N5O. The Morgan fingerprint density at radius 2 is 2.11 bits per heavy atom. The van der Waals surface area contributed by atoms with E-state index in [2.05, 4.69) is 15.6 Å². The average Bonchev–Trinajstić information content (AvgIpc) is 3.00. The lowest BCUT2D eigenvalue weighted by Gasteiger charge is -2.19. The Hall–Kier alpha value is -2.03. The van der Waals surface area contributed by atoms with Gasteiger partial charge in [0.1, 0.15) is 0 Å². The van der Waals surface area contributed by atoms with Crippen LogP contribution in [0, 0.1) is 6.92 Å². The van der Waals surface area contributed by atoms with Crippen molar-refractivity contribution in [2.45, 2.75) is 44.9 Å². The molecule has 1 aromatic rings. The number of aryl methyl sites for hydroxylation is 1. The highest BCUT2D eigenvalue weighted by Gasteiger charge is 2.34. The number of hydrogen-bond acceptors (Lipinski definition) is 3. The number of likely N-dealkylation sites (tertiary alicyclic amines) is 1. The molecule has 0 saturated carbocycles. The lowest BCUT2D eigenvalue weighted by Crippen LogP contribution is -2.45. The molecule has 152 valence electrons. The zero-order valence-electron chi connectivity index (χ0n) is 15.9. The van der Waals surface area contributed by atoms with Crippen LogP contribution in [0.1, 0.15) is 25.0 Å². The van der Waals surface area contributed by atoms with E-state index >= 15 is 0 Å². The maximum absolute atomic E-state index is 12.5. The molecule has 0 radical (unpaired) electrons. The van der Waals surface area contributed by atoms with Gasteiger partial charge in [0.15, 0.2) is 5.96 Å². The monoisotopic (exact) mass is 387 g/mol. The number of guanidine groups is 1. The first-order chi connectivity index (χ1) is 12.8. The standard InChI is InChI=1S/C18H28F3N5O/c1-14-6-5-7-16(27)26(14)10-4-3-9-23-17(22-2)24-15-8-11-25(12-15)13-18(19,20)21/h5-7,15H,3-4,8-13H2,1-2H3,(H2,22,23,24). The normalized spacial score (nSPS) is 18.7. The second-order valence-corrected chi connectivity index (χ2v) is 6.84. The van der Waals surface area contributed by atoms with E-state index in [9.17, 15) is 18.0 Å². The van der Waals surface area contributed by atoms with E-state index in [1.807, 2.05) is 13.0 Å². The lowest BCUT2D eigenvalue weighted by molar-refractivity contribution is -0.143. The fraction of sp³-hybridized carbons (Fsp3) is 0.667. The van der Waals surface area contributed by atoms with Gasteiger partial charge < -0.3 is 15.2 Å². The van der Waals surface area contributed by atoms with Gasteiger partial charge in [-0.3, -0.25) is 14.7 Å². The fourth-order valence-electron chi connectivity index (χ4n) is 3.25. The van der Waals surface area contributed by atoms with Crippen molar-refractivity contribution in [1.82, 2.24) is 20.1 Å². The minimum Gasteiger partial charge on any atom is -0.356 e. The first-order valence-electron chi connectivity index (χ1n) is 9.21. The summed E-state index contributed by atoms with van der Waals surface area (Å²) in [4.78, 5) is 17.4. The number of pyridine rings is 1. The summed E-state index contributed by atoms with van der Waals surface area (Å²) in [7, 11) is 1.64. The lowest BCUT2D eigenvalue weighted by atomic mass is 10.2. The van der Waals surface area contributed by atoms with Crippen molar-refractivity contribution in [3.63, 3.8) is 0 Å². The fourth-order valence-corrected chi connectivity index (χ4v) is 3.25. The molecule has 0 amide bonds. The van der Waals surface area contributed by atoms with Crippen LogP contribution in [0.4, 0.5) is 13.2 Å². The maximum Gasteiger partial charge on any atom is 0.401 e. The van der Waals surface area contributed by atoms with Crippen LogP contribution < -0.4 is 16.2 Å². The van der Waals surface area contributed by atoms with Crippen molar-refractivity contribution in [2.75, 3.05) is 33.2 Å². The molecule has 0 spiro atoms. The summed E-state index contributed by atoms with van der Waals surface area (Å²) < 4.78 is 39.1. The summed E-state index contributed by atoms with van der Waals surface area (Å²) >= 11 is 0. The predicted octanol–water partition coefficient (Wildman–Crippen LogP) is 1.74. The van der Waals surface area contributed by atoms with Gasteiger partial charge in [-0.15, -0.1) is 0 Å². The van der Waals surface area contributed by atoms with Crippen molar-refractivity contribution >= 4 is 5.96 Å². The van der Waals surface area contributed by atoms with Gasteiger partial charge in [-0.25, -0.2) is 0 Å². The highest BCUT2D eigenvalue weighted by molar-refractivity contribution is 5.79. The van der Waals surface area contributed by atoms with Gasteiger partial charge in [0.2, 0.25) is 0 Å². The van der Waals surface area contributed by atoms with Crippen molar-refractivity contribution in [2.24, 2.45) is 4.99 Å². The summed E-state index contributed by atoms with van der Waals surface area (Å²) in [6.45, 7) is 3.17. The van der Waals surface area contributed by atoms with Crippen LogP contribution in [0.3, 0.4) is 0 Å². The molecule has 1 unspecified atom stereocenters. The third kappa shape index (κ3) is 7.24. The van der Waals surface area contributed by atoms with E-state index in [-0.39, 0.29) is 11.6 Å². The van der Waals surface area contributed by atoms with Gasteiger partial charge in [0.25, 0.3) is 5.56 Å². The van der Waals surface area contributed by atoms with Gasteiger partial charge in [0.05, 0.1) is 6.54 Å². The third-order valence-electron chi connectivity index (χ3n) is 4.61. The summed E-state index contributed by atoms with van der Waals surface area (Å²) in [6.07, 6.45) is -1.80. The number of halogens is 3. The number of nitrogens with one attached hydrogen (secondary N) is 2. The Labute approximate surface area is 157 Å². The number of aliphatic imine (C=N–C) groups is 1. The molecule has 0 aromatic carbocycles. The van der Waals surface area contributed by atoms with E-state index < -0.39 is 12.7 Å². The van der Waals surface area contributed by atoms with E-state index in [1.54, 1.807) is 23.7 Å². The first-order valence-corrected chi connectivity index (χ1v) is 9.21. The number of alkyl halides is 3. The SMILES string of the molecule is CN=C(NCCCCn1c(C)cccc1=O)NC1CCN(CC(F)(F)F)C1. The number of rotatable bonds is 7. The summed E-state index contributed by atoms with van der Waals surface area (Å²) in [5.74, 6) is 0.599. The van der Waals surface area contributed by atoms with Crippen LogP contribution in [0.15, 0.2) is 28.0 Å². The minimum atomic E-state index is -4.16. The first kappa shape index (κ1) is 21.3. The Balaban J connectivity index is 1.67. The number of hydrogen-bond donors (Lipinski definition) is 2. The molecule has 6 nitrogen and oxygen atoms in total. The maximum atomic E-state index is 12.5. The molecule has 1 aliphatic heterocycles. The highest BCUT2D eigenvalue weighted by atomic mass is 19.4. The second-order valence-electron chi connectivity index (χ2n) is 6.84. The van der Waals surface area contributed by atoms with Crippen molar-refractivity contribution in [3.8, 4) is 0 Å². The summed E-state index contributed by atoms with van der Waals surface area (Å²) in [5.41, 5.74) is 0.947. The number of nitrogens with zero attached hydrogens (tertiary/aromatic N) is 3. The predicted molar refractivity (Wildman–Crippen MR) is 100 cm³/mol. The smallest absolute Gasteiger partial charge is 0.356 e. The van der Waals surface area contributed by atoms with Crippen LogP contribution in [0.5, 0.6) is 0 Å². The molecular weight excluding hydrogens is 359 g/mol. The van der Waals surface area contributed by atoms with Crippen molar-refractivity contribution < 1.29 is 13.2 Å². The molecule has 1 aromatic heterocycles. The van der Waals surface area contributed by atoms with Crippen LogP contribution >= 0.6 is 0 Å². The molecule has 1 aliphatic rings. The molecule has 27 heavy (non-hydrogen) atoms. The molecule has 2 heterocycles. The largest absolute Gasteiger partial charge is 0.401 e. The quantitative estimate of drug-likeness (QED) is 0.425. The molecule has 0 aliphatic carbocycles. The molecule has 2 rings (SSSR count). The summed E-state index contributed by atoms with van der Waals surface area (Å²) in [5, 5.41) is 6.37. The van der Waals surface area contributed by atoms with Crippen molar-refractivity contribution in [1.29, 1.82) is 0 Å². The third-order valence-corrected chi connectivity index (χ3v) is 4.61. The molecule has 0 bridgehead atoms. The van der Waals surface area contributed by atoms with Gasteiger partial charge in [0, 0.05) is 51.0 Å². The van der Waals surface area contributed by atoms with E-state index in [0.717, 1.165) is 18.5 Å². The Kier molecular flexibility index (Phi) is 7.70. The second kappa shape index (κ2) is 9.77. The highest BCUT2D eigenvalue weighted by Crippen LogP contribution is 2.19. The Bertz CT molecular complexity index is 686. The van der Waals surface area contributed by atoms with Gasteiger partial charge in [-0.2, -0.15) is 13.2 Å². The Morgan fingerprint density at radius 3 is 2.78 bits per heavy atom. The topological polar surface area (TPSA) is 61.7 Å². The molecule has 1 saturated heterocycles. The van der Waals surface area contributed by atoms with Gasteiger partial charge in [-0.1, -0.05) is 6.07 Å². The minimum absolute atomic E-state index is 0.00470. The molecule has 9 heteroatoms. The molecule has 1 fully saturated rings. The van der Waals surface area contributed by atoms with Crippen molar-refractivity contribution in [3.05, 3.63) is 34.2 Å². The summed E-state index contributed by atoms with van der Waals surface area (Å²) in [6, 6.07) is 5.18. The zero-order chi connectivity index (χ0) is 19.9. The van der Waals surface area contributed by atoms with Gasteiger partial charge in [-0.05, 0) is 32.3 Å². The van der Waals surface area contributed by atoms with E-state index in [4.69, 9.17) is 0 Å². The number of unbranched alkanes of at least 4 members (excludes halogenated alkanes) is 1. The van der Waals surface area contributed by atoms with Crippen LogP contribution in [-0.4, -0.2) is 60.9 Å².